The predicted octanol–water partition coefficient (Wildman–Crippen LogP) is 4.19. The third-order valence-corrected chi connectivity index (χ3v) is 6.96. The summed E-state index contributed by atoms with van der Waals surface area (Å²) in [5, 5.41) is 0. The Kier molecular flexibility index (Phi) is 6.94. The average molecular weight is 493 g/mol. The number of ether oxygens (including phenoxy) is 2. The number of aryl methyl sites for hydroxylation is 1. The first-order chi connectivity index (χ1) is 17.1. The van der Waals surface area contributed by atoms with Crippen molar-refractivity contribution in [2.45, 2.75) is 49.9 Å². The molecule has 182 valence electrons. The number of nitrogens with one attached hydrogen (secondary N) is 1. The van der Waals surface area contributed by atoms with Crippen molar-refractivity contribution in [3.63, 3.8) is 0 Å². The van der Waals surface area contributed by atoms with Gasteiger partial charge in [0.15, 0.2) is 22.7 Å². The summed E-state index contributed by atoms with van der Waals surface area (Å²) in [7, 11) is 0. The highest BCUT2D eigenvalue weighted by Gasteiger charge is 2.19. The van der Waals surface area contributed by atoms with E-state index >= 15 is 0 Å². The van der Waals surface area contributed by atoms with Crippen LogP contribution in [0.4, 0.5) is 0 Å². The molecule has 0 unspecified atom stereocenters. The highest BCUT2D eigenvalue weighted by atomic mass is 32.2. The number of H-pyrrole nitrogens is 1. The third kappa shape index (κ3) is 5.00. The maximum Gasteiger partial charge on any atom is 0.330 e. The zero-order valence-electron chi connectivity index (χ0n) is 19.7. The Balaban J connectivity index is 1.51. The van der Waals surface area contributed by atoms with Crippen LogP contribution >= 0.6 is 11.8 Å². The number of imidazole rings is 1. The molecule has 8 nitrogen and oxygen atoms in total. The first-order valence-corrected chi connectivity index (χ1v) is 12.9. The Hall–Kier alpha value is -3.46. The van der Waals surface area contributed by atoms with Crippen molar-refractivity contribution in [2.75, 3.05) is 13.2 Å². The minimum absolute atomic E-state index is 0.340. The maximum absolute atomic E-state index is 12.9. The van der Waals surface area contributed by atoms with Crippen LogP contribution < -0.4 is 20.7 Å². The van der Waals surface area contributed by atoms with Gasteiger partial charge in [-0.1, -0.05) is 43.7 Å². The molecule has 0 aliphatic carbocycles. The number of aromatic nitrogens is 4. The molecule has 0 saturated carbocycles. The molecule has 0 atom stereocenters. The molecule has 2 aromatic heterocycles. The van der Waals surface area contributed by atoms with Crippen molar-refractivity contribution in [3.05, 3.63) is 80.8 Å². The van der Waals surface area contributed by atoms with Crippen molar-refractivity contribution in [1.82, 2.24) is 19.1 Å². The molecule has 2 aromatic carbocycles. The zero-order valence-corrected chi connectivity index (χ0v) is 20.5. The summed E-state index contributed by atoms with van der Waals surface area (Å²) in [5.41, 5.74) is 0.990. The number of benzene rings is 2. The fraction of sp³-hybridized carbons (Fsp3) is 0.346. The minimum Gasteiger partial charge on any atom is -0.490 e. The van der Waals surface area contributed by atoms with Gasteiger partial charge in [-0.25, -0.2) is 9.78 Å². The lowest BCUT2D eigenvalue weighted by Crippen LogP contribution is -2.31. The summed E-state index contributed by atoms with van der Waals surface area (Å²) in [6.07, 6.45) is 2.75. The summed E-state index contributed by atoms with van der Waals surface area (Å²) >= 11 is 1.62. The molecule has 5 rings (SSSR count). The van der Waals surface area contributed by atoms with Gasteiger partial charge in [0.2, 0.25) is 0 Å². The van der Waals surface area contributed by atoms with E-state index in [-0.39, 0.29) is 0 Å². The molecule has 1 aliphatic rings. The van der Waals surface area contributed by atoms with Gasteiger partial charge in [-0.05, 0) is 30.2 Å². The van der Waals surface area contributed by atoms with E-state index in [0.29, 0.717) is 43.2 Å². The SMILES string of the molecule is CCCCn1c(CSc2ccc3c(c2)OCCCO3)nc2c1c(=O)[nH]c(=O)n2Cc1ccccc1. The molecule has 0 amide bonds. The molecule has 9 heteroatoms. The molecular weight excluding hydrogens is 464 g/mol. The van der Waals surface area contributed by atoms with Crippen LogP contribution in [0.2, 0.25) is 0 Å². The highest BCUT2D eigenvalue weighted by molar-refractivity contribution is 7.98. The second-order valence-electron chi connectivity index (χ2n) is 8.48. The summed E-state index contributed by atoms with van der Waals surface area (Å²) < 4.78 is 15.1. The van der Waals surface area contributed by atoms with Crippen LogP contribution in [0.3, 0.4) is 0 Å². The second kappa shape index (κ2) is 10.4. The first-order valence-electron chi connectivity index (χ1n) is 11.9. The van der Waals surface area contributed by atoms with E-state index in [9.17, 15) is 9.59 Å². The van der Waals surface area contributed by atoms with Crippen LogP contribution in [-0.2, 0) is 18.8 Å². The number of aromatic amines is 1. The van der Waals surface area contributed by atoms with Gasteiger partial charge in [-0.15, -0.1) is 11.8 Å². The van der Waals surface area contributed by atoms with Gasteiger partial charge in [0.25, 0.3) is 5.56 Å². The van der Waals surface area contributed by atoms with Crippen LogP contribution in [0.25, 0.3) is 11.2 Å². The number of nitrogens with zero attached hydrogens (tertiary/aromatic N) is 3. The van der Waals surface area contributed by atoms with Gasteiger partial charge >= 0.3 is 5.69 Å². The number of thioether (sulfide) groups is 1. The van der Waals surface area contributed by atoms with E-state index in [1.165, 1.54) is 0 Å². The molecule has 1 aliphatic heterocycles. The number of hydrogen-bond donors (Lipinski definition) is 1. The van der Waals surface area contributed by atoms with Gasteiger partial charge in [-0.3, -0.25) is 14.3 Å². The highest BCUT2D eigenvalue weighted by Crippen LogP contribution is 2.35. The van der Waals surface area contributed by atoms with Crippen LogP contribution in [0.15, 0.2) is 63.0 Å². The summed E-state index contributed by atoms with van der Waals surface area (Å²) in [6, 6.07) is 15.6. The van der Waals surface area contributed by atoms with Crippen molar-refractivity contribution >= 4 is 22.9 Å². The lowest BCUT2D eigenvalue weighted by molar-refractivity contribution is 0.297. The Bertz CT molecular complexity index is 1440. The fourth-order valence-electron chi connectivity index (χ4n) is 4.18. The molecule has 35 heavy (non-hydrogen) atoms. The summed E-state index contributed by atoms with van der Waals surface area (Å²) in [4.78, 5) is 34.0. The summed E-state index contributed by atoms with van der Waals surface area (Å²) in [6.45, 7) is 4.40. The lowest BCUT2D eigenvalue weighted by Gasteiger charge is -2.10. The van der Waals surface area contributed by atoms with Gasteiger partial charge in [-0.2, -0.15) is 0 Å². The van der Waals surface area contributed by atoms with Gasteiger partial charge < -0.3 is 14.0 Å². The Morgan fingerprint density at radius 1 is 1.03 bits per heavy atom. The van der Waals surface area contributed by atoms with Crippen LogP contribution in [-0.4, -0.2) is 32.3 Å². The van der Waals surface area contributed by atoms with Crippen molar-refractivity contribution in [1.29, 1.82) is 0 Å². The maximum atomic E-state index is 12.9. The zero-order chi connectivity index (χ0) is 24.2. The molecule has 4 aromatic rings. The Morgan fingerprint density at radius 3 is 2.63 bits per heavy atom. The van der Waals surface area contributed by atoms with Gasteiger partial charge in [0.1, 0.15) is 5.82 Å². The molecule has 1 N–H and O–H groups in total. The van der Waals surface area contributed by atoms with E-state index in [2.05, 4.69) is 11.9 Å². The second-order valence-corrected chi connectivity index (χ2v) is 9.53. The molecule has 0 radical (unpaired) electrons. The smallest absolute Gasteiger partial charge is 0.330 e. The van der Waals surface area contributed by atoms with Gasteiger partial charge in [0, 0.05) is 17.9 Å². The quantitative estimate of drug-likeness (QED) is 0.371. The van der Waals surface area contributed by atoms with E-state index < -0.39 is 11.2 Å². The molecule has 3 heterocycles. The number of fused-ring (bicyclic) bond motifs is 2. The number of unbranched alkanes of at least 4 members (excludes halogenated alkanes) is 1. The van der Waals surface area contributed by atoms with Crippen molar-refractivity contribution in [2.24, 2.45) is 0 Å². The Labute approximate surface area is 206 Å². The topological polar surface area (TPSA) is 91.1 Å². The average Bonchev–Trinajstić information content (AvgIpc) is 3.06. The molecular formula is C26H28N4O4S. The fourth-order valence-corrected chi connectivity index (χ4v) is 5.05. The lowest BCUT2D eigenvalue weighted by atomic mass is 10.2. The third-order valence-electron chi connectivity index (χ3n) is 5.97. The minimum atomic E-state index is -0.450. The number of rotatable bonds is 8. The standard InChI is InChI=1S/C26H28N4O4S/c1-2-3-12-29-22(17-35-19-10-11-20-21(15-19)34-14-7-13-33-20)27-24-23(29)25(31)28-26(32)30(24)16-18-8-5-4-6-9-18/h4-6,8-11,15H,2-3,7,12-14,16-17H2,1H3,(H,28,31,32). The van der Waals surface area contributed by atoms with E-state index in [1.54, 1.807) is 16.3 Å². The first kappa shape index (κ1) is 23.3. The molecule has 0 fully saturated rings. The normalized spacial score (nSPS) is 13.2. The van der Waals surface area contributed by atoms with Crippen LogP contribution in [0, 0.1) is 0 Å². The van der Waals surface area contributed by atoms with E-state index in [1.807, 2.05) is 53.1 Å². The van der Waals surface area contributed by atoms with Crippen molar-refractivity contribution < 1.29 is 9.47 Å². The Morgan fingerprint density at radius 2 is 1.83 bits per heavy atom. The van der Waals surface area contributed by atoms with E-state index in [0.717, 1.165) is 47.0 Å². The van der Waals surface area contributed by atoms with E-state index in [4.69, 9.17) is 14.5 Å². The summed E-state index contributed by atoms with van der Waals surface area (Å²) in [5.74, 6) is 2.83. The van der Waals surface area contributed by atoms with Crippen LogP contribution in [0.5, 0.6) is 11.5 Å². The predicted molar refractivity (Wildman–Crippen MR) is 137 cm³/mol. The van der Waals surface area contributed by atoms with Gasteiger partial charge in [0.05, 0.1) is 25.5 Å². The molecule has 0 spiro atoms. The monoisotopic (exact) mass is 492 g/mol. The number of hydrogen-bond acceptors (Lipinski definition) is 6. The van der Waals surface area contributed by atoms with Crippen LogP contribution in [0.1, 0.15) is 37.6 Å². The molecule has 0 bridgehead atoms. The molecule has 0 saturated heterocycles. The largest absolute Gasteiger partial charge is 0.490 e. The van der Waals surface area contributed by atoms with Crippen molar-refractivity contribution in [3.8, 4) is 11.5 Å².